The molecule has 2 amide bonds. The summed E-state index contributed by atoms with van der Waals surface area (Å²) in [4.78, 5) is 36.2. The summed E-state index contributed by atoms with van der Waals surface area (Å²) in [6, 6.07) is 10.4. The van der Waals surface area contributed by atoms with Crippen molar-refractivity contribution in [2.24, 2.45) is 5.73 Å². The van der Waals surface area contributed by atoms with Crippen molar-refractivity contribution in [3.63, 3.8) is 0 Å². The quantitative estimate of drug-likeness (QED) is 0.754. The van der Waals surface area contributed by atoms with Crippen molar-refractivity contribution in [2.45, 2.75) is 0 Å². The molecule has 96 valence electrons. The maximum Gasteiger partial charge on any atom is 0.272 e. The average Bonchev–Trinajstić information content (AvgIpc) is 2.39. The van der Waals surface area contributed by atoms with Crippen LogP contribution < -0.4 is 16.6 Å². The molecule has 0 atom stereocenters. The van der Waals surface area contributed by atoms with Crippen molar-refractivity contribution in [3.05, 3.63) is 64.1 Å². The molecule has 0 bridgehead atoms. The van der Waals surface area contributed by atoms with Crippen LogP contribution in [0.2, 0.25) is 0 Å². The molecule has 6 heteroatoms. The first-order valence-corrected chi connectivity index (χ1v) is 5.47. The number of hydrogen-bond donors (Lipinski definition) is 3. The van der Waals surface area contributed by atoms with Crippen molar-refractivity contribution in [1.29, 1.82) is 0 Å². The Labute approximate surface area is 108 Å². The summed E-state index contributed by atoms with van der Waals surface area (Å²) < 4.78 is 0. The molecule has 0 saturated carbocycles. The molecule has 0 radical (unpaired) electrons. The predicted molar refractivity (Wildman–Crippen MR) is 70.0 cm³/mol. The van der Waals surface area contributed by atoms with Crippen molar-refractivity contribution in [3.8, 4) is 0 Å². The molecule has 1 heterocycles. The lowest BCUT2D eigenvalue weighted by molar-refractivity contribution is 0.0998. The van der Waals surface area contributed by atoms with Gasteiger partial charge in [-0.15, -0.1) is 0 Å². The molecule has 0 aliphatic heterocycles. The van der Waals surface area contributed by atoms with E-state index in [2.05, 4.69) is 10.3 Å². The Bertz CT molecular complexity index is 674. The number of benzene rings is 1. The van der Waals surface area contributed by atoms with E-state index in [0.29, 0.717) is 11.3 Å². The standard InChI is InChI=1S/C13H11N3O3/c14-12(18)8-4-6-9(7-5-8)15-13(19)10-2-1-3-11(17)16-10/h1-7H,(H2,14,18)(H,15,19)(H,16,17). The molecule has 0 saturated heterocycles. The molecule has 1 aromatic carbocycles. The molecule has 0 spiro atoms. The molecule has 19 heavy (non-hydrogen) atoms. The maximum absolute atomic E-state index is 11.8. The van der Waals surface area contributed by atoms with Crippen molar-refractivity contribution < 1.29 is 9.59 Å². The lowest BCUT2D eigenvalue weighted by Crippen LogP contribution is -2.18. The first-order valence-electron chi connectivity index (χ1n) is 5.47. The van der Waals surface area contributed by atoms with Gasteiger partial charge in [-0.05, 0) is 30.3 Å². The molecular weight excluding hydrogens is 246 g/mol. The number of amides is 2. The van der Waals surface area contributed by atoms with Gasteiger partial charge in [0.15, 0.2) is 0 Å². The Morgan fingerprint density at radius 1 is 1.05 bits per heavy atom. The van der Waals surface area contributed by atoms with E-state index in [9.17, 15) is 14.4 Å². The molecule has 0 aliphatic carbocycles. The van der Waals surface area contributed by atoms with Gasteiger partial charge in [0.2, 0.25) is 11.5 Å². The summed E-state index contributed by atoms with van der Waals surface area (Å²) in [6.45, 7) is 0. The normalized spacial score (nSPS) is 9.89. The summed E-state index contributed by atoms with van der Waals surface area (Å²) >= 11 is 0. The monoisotopic (exact) mass is 257 g/mol. The van der Waals surface area contributed by atoms with Crippen LogP contribution in [0, 0.1) is 0 Å². The zero-order valence-electron chi connectivity index (χ0n) is 9.84. The van der Waals surface area contributed by atoms with Gasteiger partial charge < -0.3 is 16.0 Å². The summed E-state index contributed by atoms with van der Waals surface area (Å²) in [5, 5.41) is 2.59. The zero-order valence-corrected chi connectivity index (χ0v) is 9.84. The third-order valence-corrected chi connectivity index (χ3v) is 2.44. The number of hydrogen-bond acceptors (Lipinski definition) is 3. The molecule has 2 rings (SSSR count). The van der Waals surface area contributed by atoms with Gasteiger partial charge in [-0.1, -0.05) is 6.07 Å². The van der Waals surface area contributed by atoms with E-state index in [1.54, 1.807) is 12.1 Å². The minimum atomic E-state index is -0.537. The summed E-state index contributed by atoms with van der Waals surface area (Å²) in [5.41, 5.74) is 5.77. The van der Waals surface area contributed by atoms with Gasteiger partial charge in [0.05, 0.1) is 0 Å². The van der Waals surface area contributed by atoms with Gasteiger partial charge in [-0.3, -0.25) is 14.4 Å². The summed E-state index contributed by atoms with van der Waals surface area (Å²) in [7, 11) is 0. The van der Waals surface area contributed by atoms with Crippen LogP contribution in [0.5, 0.6) is 0 Å². The van der Waals surface area contributed by atoms with Crippen LogP contribution in [0.4, 0.5) is 5.69 Å². The summed E-state index contributed by atoms with van der Waals surface area (Å²) in [6.07, 6.45) is 0. The summed E-state index contributed by atoms with van der Waals surface area (Å²) in [5.74, 6) is -0.977. The number of carbonyl (C=O) groups excluding carboxylic acids is 2. The highest BCUT2D eigenvalue weighted by Gasteiger charge is 2.07. The Morgan fingerprint density at radius 2 is 1.74 bits per heavy atom. The van der Waals surface area contributed by atoms with Crippen molar-refractivity contribution >= 4 is 17.5 Å². The fourth-order valence-electron chi connectivity index (χ4n) is 1.50. The van der Waals surface area contributed by atoms with Gasteiger partial charge in [0.25, 0.3) is 5.91 Å². The van der Waals surface area contributed by atoms with Crippen LogP contribution >= 0.6 is 0 Å². The van der Waals surface area contributed by atoms with Crippen molar-refractivity contribution in [1.82, 2.24) is 4.98 Å². The third-order valence-electron chi connectivity index (χ3n) is 2.44. The Balaban J connectivity index is 2.15. The van der Waals surface area contributed by atoms with Gasteiger partial charge >= 0.3 is 0 Å². The van der Waals surface area contributed by atoms with Gasteiger partial charge in [0, 0.05) is 17.3 Å². The van der Waals surface area contributed by atoms with Crippen LogP contribution in [-0.4, -0.2) is 16.8 Å². The molecule has 0 fully saturated rings. The van der Waals surface area contributed by atoms with E-state index < -0.39 is 11.8 Å². The maximum atomic E-state index is 11.8. The van der Waals surface area contributed by atoms with E-state index >= 15 is 0 Å². The lowest BCUT2D eigenvalue weighted by atomic mass is 10.2. The minimum Gasteiger partial charge on any atom is -0.366 e. The number of pyridine rings is 1. The highest BCUT2D eigenvalue weighted by molar-refractivity contribution is 6.03. The number of nitrogens with one attached hydrogen (secondary N) is 2. The second-order valence-corrected chi connectivity index (χ2v) is 3.82. The van der Waals surface area contributed by atoms with Gasteiger partial charge in [-0.25, -0.2) is 0 Å². The molecule has 0 unspecified atom stereocenters. The largest absolute Gasteiger partial charge is 0.366 e. The van der Waals surface area contributed by atoms with E-state index in [-0.39, 0.29) is 11.3 Å². The number of nitrogens with two attached hydrogens (primary N) is 1. The third kappa shape index (κ3) is 3.06. The number of carbonyl (C=O) groups is 2. The van der Waals surface area contributed by atoms with Crippen molar-refractivity contribution in [2.75, 3.05) is 5.32 Å². The van der Waals surface area contributed by atoms with Crippen LogP contribution in [-0.2, 0) is 0 Å². The SMILES string of the molecule is NC(=O)c1ccc(NC(=O)c2cccc(=O)[nH]2)cc1. The van der Waals surface area contributed by atoms with Crippen LogP contribution in [0.1, 0.15) is 20.8 Å². The van der Waals surface area contributed by atoms with Crippen LogP contribution in [0.25, 0.3) is 0 Å². The second-order valence-electron chi connectivity index (χ2n) is 3.82. The Hall–Kier alpha value is -2.89. The second kappa shape index (κ2) is 5.18. The predicted octanol–water partition coefficient (Wildman–Crippen LogP) is 0.726. The van der Waals surface area contributed by atoms with Crippen LogP contribution in [0.15, 0.2) is 47.3 Å². The number of anilines is 1. The number of H-pyrrole nitrogens is 1. The van der Waals surface area contributed by atoms with E-state index in [4.69, 9.17) is 5.73 Å². The first-order chi connectivity index (χ1) is 9.06. The number of aromatic amines is 1. The number of rotatable bonds is 3. The minimum absolute atomic E-state index is 0.159. The molecule has 0 aliphatic rings. The molecule has 6 nitrogen and oxygen atoms in total. The first kappa shape index (κ1) is 12.6. The fourth-order valence-corrected chi connectivity index (χ4v) is 1.50. The zero-order chi connectivity index (χ0) is 13.8. The van der Waals surface area contributed by atoms with Gasteiger partial charge in [0.1, 0.15) is 5.69 Å². The molecule has 4 N–H and O–H groups in total. The molecule has 2 aromatic rings. The Kier molecular flexibility index (Phi) is 3.42. The Morgan fingerprint density at radius 3 is 2.32 bits per heavy atom. The highest BCUT2D eigenvalue weighted by Crippen LogP contribution is 2.10. The highest BCUT2D eigenvalue weighted by atomic mass is 16.2. The smallest absolute Gasteiger partial charge is 0.272 e. The average molecular weight is 257 g/mol. The number of aromatic nitrogens is 1. The van der Waals surface area contributed by atoms with E-state index in [1.807, 2.05) is 0 Å². The number of primary amides is 1. The lowest BCUT2D eigenvalue weighted by Gasteiger charge is -2.05. The molecule has 1 aromatic heterocycles. The van der Waals surface area contributed by atoms with Crippen LogP contribution in [0.3, 0.4) is 0 Å². The fraction of sp³-hybridized carbons (Fsp3) is 0. The van der Waals surface area contributed by atoms with Gasteiger partial charge in [-0.2, -0.15) is 0 Å². The molecular formula is C13H11N3O3. The van der Waals surface area contributed by atoms with E-state index in [0.717, 1.165) is 0 Å². The van der Waals surface area contributed by atoms with E-state index in [1.165, 1.54) is 30.3 Å². The topological polar surface area (TPSA) is 105 Å².